The van der Waals surface area contributed by atoms with E-state index in [9.17, 15) is 24.3 Å². The zero-order chi connectivity index (χ0) is 22.0. The molecule has 0 aromatic heterocycles. The van der Waals surface area contributed by atoms with E-state index in [1.165, 1.54) is 4.90 Å². The Balaban J connectivity index is 1.84. The van der Waals surface area contributed by atoms with Crippen LogP contribution in [-0.2, 0) is 23.9 Å². The van der Waals surface area contributed by atoms with Crippen molar-refractivity contribution in [2.45, 2.75) is 57.9 Å². The maximum absolute atomic E-state index is 13.0. The number of anilines is 1. The predicted octanol–water partition coefficient (Wildman–Crippen LogP) is 1.45. The number of carboxylic acid groups (broad SMARTS) is 1. The number of ether oxygens (including phenoxy) is 2. The van der Waals surface area contributed by atoms with E-state index in [1.807, 2.05) is 18.7 Å². The van der Waals surface area contributed by atoms with Crippen molar-refractivity contribution in [3.8, 4) is 0 Å². The van der Waals surface area contributed by atoms with Gasteiger partial charge in [-0.25, -0.2) is 4.79 Å². The summed E-state index contributed by atoms with van der Waals surface area (Å²) in [6.07, 6.45) is -1.31. The van der Waals surface area contributed by atoms with Crippen molar-refractivity contribution in [3.05, 3.63) is 29.8 Å². The normalized spacial score (nSPS) is 25.2. The molecule has 1 aromatic carbocycles. The van der Waals surface area contributed by atoms with Crippen LogP contribution >= 0.6 is 0 Å². The Labute approximate surface area is 174 Å². The second-order valence-electron chi connectivity index (χ2n) is 7.69. The number of aliphatic carboxylic acids is 1. The van der Waals surface area contributed by atoms with Crippen molar-refractivity contribution in [3.63, 3.8) is 0 Å². The summed E-state index contributed by atoms with van der Waals surface area (Å²) < 4.78 is 10.1. The molecule has 3 rings (SSSR count). The molecule has 0 radical (unpaired) electrons. The van der Waals surface area contributed by atoms with Gasteiger partial charge in [-0.05, 0) is 44.9 Å². The fraction of sp³-hybridized carbons (Fsp3) is 0.524. The van der Waals surface area contributed by atoms with Crippen LogP contribution in [0.1, 0.15) is 44.0 Å². The zero-order valence-electron chi connectivity index (χ0n) is 17.2. The molecule has 30 heavy (non-hydrogen) atoms. The van der Waals surface area contributed by atoms with Crippen molar-refractivity contribution in [1.82, 2.24) is 4.90 Å². The summed E-state index contributed by atoms with van der Waals surface area (Å²) in [5, 5.41) is 9.36. The molecule has 2 amide bonds. The number of morpholine rings is 1. The average Bonchev–Trinajstić information content (AvgIpc) is 3.04. The van der Waals surface area contributed by atoms with Crippen LogP contribution in [-0.4, -0.2) is 71.2 Å². The van der Waals surface area contributed by atoms with E-state index in [0.29, 0.717) is 11.3 Å². The van der Waals surface area contributed by atoms with Crippen molar-refractivity contribution in [1.29, 1.82) is 0 Å². The number of hydrogen-bond acceptors (Lipinski definition) is 6. The highest BCUT2D eigenvalue weighted by Gasteiger charge is 2.42. The van der Waals surface area contributed by atoms with Gasteiger partial charge in [-0.15, -0.1) is 0 Å². The molecule has 9 heteroatoms. The number of rotatable bonds is 5. The van der Waals surface area contributed by atoms with Gasteiger partial charge in [0, 0.05) is 36.8 Å². The molecular formula is C21H26N2O7. The number of esters is 1. The summed E-state index contributed by atoms with van der Waals surface area (Å²) in [6, 6.07) is 6.98. The molecule has 2 aliphatic heterocycles. The lowest BCUT2D eigenvalue weighted by molar-refractivity contribution is -0.177. The minimum atomic E-state index is -1.74. The smallest absolute Gasteiger partial charge is 0.348 e. The van der Waals surface area contributed by atoms with Gasteiger partial charge >= 0.3 is 11.9 Å². The van der Waals surface area contributed by atoms with Crippen LogP contribution in [0.3, 0.4) is 0 Å². The van der Waals surface area contributed by atoms with E-state index in [0.717, 1.165) is 19.8 Å². The van der Waals surface area contributed by atoms with Gasteiger partial charge in [-0.3, -0.25) is 14.4 Å². The molecule has 4 atom stereocenters. The SMILES string of the molecule is CC(=O)O[C@@H](C(=O)O)[C@H]1OCCN(c2cccc(C(=O)N3[C@H](C)CC[C@H]3C)c2)C1=O. The highest BCUT2D eigenvalue weighted by Crippen LogP contribution is 2.28. The number of amides is 2. The number of nitrogens with zero attached hydrogens (tertiary/aromatic N) is 2. The molecule has 0 aliphatic carbocycles. The quantitative estimate of drug-likeness (QED) is 0.720. The number of carboxylic acids is 1. The molecule has 0 spiro atoms. The summed E-state index contributed by atoms with van der Waals surface area (Å²) in [5.74, 6) is -3.03. The van der Waals surface area contributed by atoms with Gasteiger partial charge in [-0.1, -0.05) is 6.07 Å². The van der Waals surface area contributed by atoms with Crippen LogP contribution in [0.4, 0.5) is 5.69 Å². The Morgan fingerprint density at radius 2 is 1.87 bits per heavy atom. The second kappa shape index (κ2) is 8.83. The van der Waals surface area contributed by atoms with E-state index in [2.05, 4.69) is 0 Å². The maximum atomic E-state index is 13.0. The highest BCUT2D eigenvalue weighted by atomic mass is 16.6. The Hall–Kier alpha value is -2.94. The molecule has 2 aliphatic rings. The number of carbonyl (C=O) groups excluding carboxylic acids is 3. The van der Waals surface area contributed by atoms with Gasteiger partial charge in [0.15, 0.2) is 6.10 Å². The van der Waals surface area contributed by atoms with Gasteiger partial charge in [0.2, 0.25) is 6.10 Å². The van der Waals surface area contributed by atoms with Crippen LogP contribution in [0.25, 0.3) is 0 Å². The number of likely N-dealkylation sites (tertiary alicyclic amines) is 1. The number of carbonyl (C=O) groups is 4. The van der Waals surface area contributed by atoms with E-state index in [-0.39, 0.29) is 31.1 Å². The Kier molecular flexibility index (Phi) is 6.40. The van der Waals surface area contributed by atoms with Crippen molar-refractivity contribution in [2.75, 3.05) is 18.1 Å². The van der Waals surface area contributed by atoms with Gasteiger partial charge in [-0.2, -0.15) is 0 Å². The lowest BCUT2D eigenvalue weighted by atomic mass is 10.1. The first-order chi connectivity index (χ1) is 14.2. The topological polar surface area (TPSA) is 113 Å². The number of hydrogen-bond donors (Lipinski definition) is 1. The third-order valence-corrected chi connectivity index (χ3v) is 5.52. The van der Waals surface area contributed by atoms with Gasteiger partial charge < -0.3 is 24.4 Å². The van der Waals surface area contributed by atoms with E-state index in [1.54, 1.807) is 24.3 Å². The number of benzene rings is 1. The van der Waals surface area contributed by atoms with Crippen LogP contribution in [0.15, 0.2) is 24.3 Å². The van der Waals surface area contributed by atoms with Crippen molar-refractivity contribution in [2.24, 2.45) is 0 Å². The lowest BCUT2D eigenvalue weighted by Crippen LogP contribution is -2.55. The van der Waals surface area contributed by atoms with Crippen LogP contribution in [0.2, 0.25) is 0 Å². The zero-order valence-corrected chi connectivity index (χ0v) is 17.2. The van der Waals surface area contributed by atoms with E-state index >= 15 is 0 Å². The Morgan fingerprint density at radius 3 is 2.47 bits per heavy atom. The van der Waals surface area contributed by atoms with Crippen LogP contribution in [0.5, 0.6) is 0 Å². The summed E-state index contributed by atoms with van der Waals surface area (Å²) in [6.45, 7) is 5.36. The molecule has 0 unspecified atom stereocenters. The molecular weight excluding hydrogens is 392 g/mol. The minimum Gasteiger partial charge on any atom is -0.478 e. The highest BCUT2D eigenvalue weighted by molar-refractivity contribution is 6.02. The summed E-state index contributed by atoms with van der Waals surface area (Å²) in [4.78, 5) is 51.9. The summed E-state index contributed by atoms with van der Waals surface area (Å²) >= 11 is 0. The van der Waals surface area contributed by atoms with Crippen LogP contribution < -0.4 is 4.90 Å². The third-order valence-electron chi connectivity index (χ3n) is 5.52. The van der Waals surface area contributed by atoms with Crippen LogP contribution in [0, 0.1) is 0 Å². The molecule has 2 saturated heterocycles. The maximum Gasteiger partial charge on any atom is 0.348 e. The molecule has 2 fully saturated rings. The fourth-order valence-corrected chi connectivity index (χ4v) is 4.05. The third kappa shape index (κ3) is 4.30. The van der Waals surface area contributed by atoms with E-state index in [4.69, 9.17) is 9.47 Å². The van der Waals surface area contributed by atoms with Crippen molar-refractivity contribution < 1.29 is 33.8 Å². The first-order valence-electron chi connectivity index (χ1n) is 9.96. The monoisotopic (exact) mass is 418 g/mol. The van der Waals surface area contributed by atoms with E-state index < -0.39 is 30.1 Å². The molecule has 2 heterocycles. The molecule has 1 aromatic rings. The lowest BCUT2D eigenvalue weighted by Gasteiger charge is -2.34. The second-order valence-corrected chi connectivity index (χ2v) is 7.69. The molecule has 0 bridgehead atoms. The largest absolute Gasteiger partial charge is 0.478 e. The molecule has 9 nitrogen and oxygen atoms in total. The van der Waals surface area contributed by atoms with Gasteiger partial charge in [0.05, 0.1) is 6.61 Å². The Bertz CT molecular complexity index is 846. The molecule has 162 valence electrons. The predicted molar refractivity (Wildman–Crippen MR) is 106 cm³/mol. The summed E-state index contributed by atoms with van der Waals surface area (Å²) in [7, 11) is 0. The first-order valence-corrected chi connectivity index (χ1v) is 9.96. The Morgan fingerprint density at radius 1 is 1.20 bits per heavy atom. The van der Waals surface area contributed by atoms with Crippen molar-refractivity contribution >= 4 is 29.4 Å². The van der Waals surface area contributed by atoms with Gasteiger partial charge in [0.1, 0.15) is 0 Å². The first kappa shape index (κ1) is 21.8. The molecule has 1 N–H and O–H groups in total. The standard InChI is InChI=1S/C21H26N2O7/c1-12-7-8-13(2)23(12)19(25)15-5-4-6-16(11-15)22-9-10-29-17(20(22)26)18(21(27)28)30-14(3)24/h4-6,11-13,17-18H,7-10H2,1-3H3,(H,27,28)/t12-,13-,17-,18-/m1/s1. The molecule has 0 saturated carbocycles. The minimum absolute atomic E-state index is 0.0693. The van der Waals surface area contributed by atoms with Gasteiger partial charge in [0.25, 0.3) is 11.8 Å². The summed E-state index contributed by atoms with van der Waals surface area (Å²) in [5.41, 5.74) is 0.921. The fourth-order valence-electron chi connectivity index (χ4n) is 4.05. The average molecular weight is 418 g/mol.